The molecule has 0 aromatic carbocycles. The van der Waals surface area contributed by atoms with Gasteiger partial charge in [0.05, 0.1) is 23.6 Å². The standard InChI is InChI=1S/C17H24ClNO4.C9H13ClN2O2/c1-2-14(19-23-7-3-6-18)17-15(20)10-13(11-16(17)21)12-4-8-22-9-5-12;1-5-6(10)7(13)12(8(14)11-5)9(2,3)4/h3,6,12-13,19H,2,4-5,7-11H2,1H3;1-4H3,(H,11,14). The summed E-state index contributed by atoms with van der Waals surface area (Å²) >= 11 is 11.2. The second kappa shape index (κ2) is 14.1. The molecule has 0 radical (unpaired) electrons. The lowest BCUT2D eigenvalue weighted by atomic mass is 9.73. The molecule has 0 unspecified atom stereocenters. The number of aromatic hydroxyl groups is 1. The topological polar surface area (TPSA) is 120 Å². The van der Waals surface area contributed by atoms with Gasteiger partial charge in [-0.05, 0) is 64.9 Å². The molecule has 2 fully saturated rings. The van der Waals surface area contributed by atoms with E-state index in [1.807, 2.05) is 6.92 Å². The Hall–Kier alpha value is -2.20. The number of ether oxygens (including phenoxy) is 1. The summed E-state index contributed by atoms with van der Waals surface area (Å²) in [5.41, 5.74) is 4.33. The third-order valence-corrected chi connectivity index (χ3v) is 6.97. The first-order valence-electron chi connectivity index (χ1n) is 12.4. The minimum Gasteiger partial charge on any atom is -0.480 e. The van der Waals surface area contributed by atoms with Crippen LogP contribution in [0.3, 0.4) is 0 Å². The lowest BCUT2D eigenvalue weighted by Gasteiger charge is -2.32. The van der Waals surface area contributed by atoms with E-state index in [0.29, 0.717) is 36.6 Å². The zero-order valence-corrected chi connectivity index (χ0v) is 23.6. The molecule has 0 atom stereocenters. The quantitative estimate of drug-likeness (QED) is 0.226. The van der Waals surface area contributed by atoms with Gasteiger partial charge >= 0.3 is 0 Å². The number of hydrogen-bond donors (Lipinski definition) is 2. The van der Waals surface area contributed by atoms with Crippen LogP contribution in [0, 0.1) is 18.8 Å². The number of nitrogens with one attached hydrogen (secondary N) is 1. The summed E-state index contributed by atoms with van der Waals surface area (Å²) in [6.07, 6.45) is 4.93. The van der Waals surface area contributed by atoms with Crippen molar-refractivity contribution in [3.8, 4) is 6.01 Å². The monoisotopic (exact) mass is 557 g/mol. The maximum absolute atomic E-state index is 12.5. The van der Waals surface area contributed by atoms with Gasteiger partial charge in [-0.1, -0.05) is 30.1 Å². The molecule has 1 aliphatic carbocycles. The molecular weight excluding hydrogens is 521 g/mol. The Morgan fingerprint density at radius 1 is 1.19 bits per heavy atom. The number of rotatable bonds is 6. The van der Waals surface area contributed by atoms with E-state index in [9.17, 15) is 19.5 Å². The number of allylic oxidation sites excluding steroid dienone is 2. The van der Waals surface area contributed by atoms with Crippen LogP contribution in [0.15, 0.2) is 27.7 Å². The highest BCUT2D eigenvalue weighted by Crippen LogP contribution is 2.35. The number of Topliss-reactive ketones (excluding diaryl/α,β-unsaturated/α-hetero) is 2. The van der Waals surface area contributed by atoms with E-state index in [2.05, 4.69) is 10.5 Å². The molecule has 0 spiro atoms. The Kier molecular flexibility index (Phi) is 11.8. The minimum absolute atomic E-state index is 0.0534. The number of aryl methyl sites for hydroxylation is 1. The molecule has 1 aromatic rings. The van der Waals surface area contributed by atoms with Crippen LogP contribution in [-0.2, 0) is 24.7 Å². The second-order valence-corrected chi connectivity index (χ2v) is 10.7. The molecule has 2 heterocycles. The normalized spacial score (nSPS) is 19.1. The molecule has 2 N–H and O–H groups in total. The van der Waals surface area contributed by atoms with E-state index in [-0.39, 0.29) is 40.7 Å². The largest absolute Gasteiger partial charge is 0.480 e. The molecule has 0 bridgehead atoms. The first-order valence-corrected chi connectivity index (χ1v) is 13.2. The minimum atomic E-state index is -0.536. The molecule has 3 rings (SSSR count). The second-order valence-electron chi connectivity index (χ2n) is 10.1. The highest BCUT2D eigenvalue weighted by molar-refractivity contribution is 6.31. The Morgan fingerprint density at radius 3 is 2.30 bits per heavy atom. The maximum atomic E-state index is 12.5. The van der Waals surface area contributed by atoms with Gasteiger partial charge in [-0.15, -0.1) is 0 Å². The van der Waals surface area contributed by atoms with Crippen LogP contribution in [-0.4, -0.2) is 46.0 Å². The van der Waals surface area contributed by atoms with Crippen molar-refractivity contribution in [2.75, 3.05) is 19.8 Å². The molecule has 206 valence electrons. The summed E-state index contributed by atoms with van der Waals surface area (Å²) in [5.74, 6) is 0.430. The van der Waals surface area contributed by atoms with Crippen LogP contribution in [0.4, 0.5) is 0 Å². The fraction of sp³-hybridized carbons (Fsp3) is 0.615. The number of nitrogens with zero attached hydrogens (tertiary/aromatic N) is 2. The molecule has 1 aliphatic heterocycles. The Bertz CT molecular complexity index is 1070. The van der Waals surface area contributed by atoms with Crippen molar-refractivity contribution in [2.45, 2.75) is 72.3 Å². The summed E-state index contributed by atoms with van der Waals surface area (Å²) in [6, 6.07) is -0.301. The van der Waals surface area contributed by atoms with Crippen molar-refractivity contribution in [2.24, 2.45) is 11.8 Å². The van der Waals surface area contributed by atoms with Gasteiger partial charge in [-0.25, -0.2) is 4.98 Å². The van der Waals surface area contributed by atoms with Gasteiger partial charge in [0.2, 0.25) is 0 Å². The SMILES string of the molecule is CCC(NOCC=CCl)=C1C(=O)CC(C2CCOCC2)CC1=O.Cc1nc(O)n(C(C)(C)C)c(=O)c1Cl. The van der Waals surface area contributed by atoms with Crippen molar-refractivity contribution in [1.82, 2.24) is 15.0 Å². The fourth-order valence-corrected chi connectivity index (χ4v) is 4.68. The van der Waals surface area contributed by atoms with E-state index in [0.717, 1.165) is 26.1 Å². The van der Waals surface area contributed by atoms with E-state index in [1.54, 1.807) is 33.8 Å². The Morgan fingerprint density at radius 2 is 1.78 bits per heavy atom. The number of halogens is 2. The fourth-order valence-electron chi connectivity index (χ4n) is 4.48. The molecule has 1 saturated carbocycles. The molecule has 1 saturated heterocycles. The predicted molar refractivity (Wildman–Crippen MR) is 143 cm³/mol. The highest BCUT2D eigenvalue weighted by atomic mass is 35.5. The lowest BCUT2D eigenvalue weighted by molar-refractivity contribution is -0.127. The number of hydroxylamine groups is 1. The van der Waals surface area contributed by atoms with E-state index in [4.69, 9.17) is 32.8 Å². The number of carbonyl (C=O) groups excluding carboxylic acids is 2. The van der Waals surface area contributed by atoms with Crippen LogP contribution >= 0.6 is 23.2 Å². The first kappa shape index (κ1) is 31.0. The lowest BCUT2D eigenvalue weighted by Crippen LogP contribution is -2.35. The number of ketones is 2. The number of carbonyl (C=O) groups is 2. The smallest absolute Gasteiger partial charge is 0.297 e. The van der Waals surface area contributed by atoms with Gasteiger partial charge in [0, 0.05) is 37.1 Å². The predicted octanol–water partition coefficient (Wildman–Crippen LogP) is 4.56. The van der Waals surface area contributed by atoms with Crippen molar-refractivity contribution in [1.29, 1.82) is 0 Å². The Balaban J connectivity index is 0.000000294. The summed E-state index contributed by atoms with van der Waals surface area (Å²) in [7, 11) is 0. The van der Waals surface area contributed by atoms with Crippen LogP contribution in [0.25, 0.3) is 0 Å². The third kappa shape index (κ3) is 8.40. The number of hydrogen-bond acceptors (Lipinski definition) is 8. The molecule has 0 amide bonds. The van der Waals surface area contributed by atoms with Gasteiger partial charge in [-0.3, -0.25) is 29.3 Å². The molecule has 9 nitrogen and oxygen atoms in total. The zero-order chi connectivity index (χ0) is 27.8. The average Bonchev–Trinajstić information content (AvgIpc) is 2.83. The molecular formula is C26H37Cl2N3O6. The van der Waals surface area contributed by atoms with Gasteiger partial charge in [0.25, 0.3) is 11.6 Å². The van der Waals surface area contributed by atoms with Gasteiger partial charge < -0.3 is 9.84 Å². The first-order chi connectivity index (χ1) is 17.4. The third-order valence-electron chi connectivity index (χ3n) is 6.35. The van der Waals surface area contributed by atoms with E-state index in [1.165, 1.54) is 10.1 Å². The molecule has 11 heteroatoms. The zero-order valence-electron chi connectivity index (χ0n) is 22.1. The highest BCUT2D eigenvalue weighted by Gasteiger charge is 2.37. The average molecular weight is 559 g/mol. The van der Waals surface area contributed by atoms with Crippen molar-refractivity contribution in [3.63, 3.8) is 0 Å². The summed E-state index contributed by atoms with van der Waals surface area (Å²) in [4.78, 5) is 45.7. The van der Waals surface area contributed by atoms with E-state index >= 15 is 0 Å². The van der Waals surface area contributed by atoms with Gasteiger partial charge in [0.15, 0.2) is 11.6 Å². The summed E-state index contributed by atoms with van der Waals surface area (Å²) in [6.45, 7) is 10.6. The summed E-state index contributed by atoms with van der Waals surface area (Å²) in [5, 5.41) is 9.58. The molecule has 1 aromatic heterocycles. The van der Waals surface area contributed by atoms with Crippen LogP contribution in [0.5, 0.6) is 6.01 Å². The van der Waals surface area contributed by atoms with Crippen LogP contribution < -0.4 is 11.0 Å². The molecule has 37 heavy (non-hydrogen) atoms. The molecule has 2 aliphatic rings. The van der Waals surface area contributed by atoms with Gasteiger partial charge in [-0.2, -0.15) is 0 Å². The van der Waals surface area contributed by atoms with Crippen LogP contribution in [0.2, 0.25) is 5.02 Å². The van der Waals surface area contributed by atoms with Crippen molar-refractivity contribution in [3.05, 3.63) is 44.0 Å². The van der Waals surface area contributed by atoms with Crippen LogP contribution in [0.1, 0.15) is 65.5 Å². The summed E-state index contributed by atoms with van der Waals surface area (Å²) < 4.78 is 6.53. The Labute approximate surface area is 227 Å². The van der Waals surface area contributed by atoms with Gasteiger partial charge in [0.1, 0.15) is 5.02 Å². The van der Waals surface area contributed by atoms with Crippen molar-refractivity contribution < 1.29 is 24.3 Å². The van der Waals surface area contributed by atoms with E-state index < -0.39 is 11.1 Å². The maximum Gasteiger partial charge on any atom is 0.297 e. The van der Waals surface area contributed by atoms with Crippen molar-refractivity contribution >= 4 is 34.8 Å². The number of aromatic nitrogens is 2.